The van der Waals surface area contributed by atoms with E-state index in [4.69, 9.17) is 34.8 Å². The molecule has 1 aromatic heterocycles. The first-order valence-electron chi connectivity index (χ1n) is 5.37. The number of alkyl halides is 3. The normalized spacial score (nSPS) is 11.3. The molecule has 0 saturated heterocycles. The van der Waals surface area contributed by atoms with Crippen LogP contribution >= 0.6 is 34.8 Å². The molecule has 0 atom stereocenters. The first-order chi connectivity index (χ1) is 9.04. The topological polar surface area (TPSA) is 17.8 Å². The summed E-state index contributed by atoms with van der Waals surface area (Å²) < 4.78 is 26.9. The van der Waals surface area contributed by atoms with Crippen LogP contribution < -0.4 is 0 Å². The summed E-state index contributed by atoms with van der Waals surface area (Å²) in [7, 11) is 0. The van der Waals surface area contributed by atoms with Gasteiger partial charge in [-0.3, -0.25) is 0 Å². The van der Waals surface area contributed by atoms with Gasteiger partial charge in [0.2, 0.25) is 0 Å². The predicted molar refractivity (Wildman–Crippen MR) is 72.3 cm³/mol. The molecule has 19 heavy (non-hydrogen) atoms. The minimum absolute atomic E-state index is 0.110. The Morgan fingerprint density at radius 2 is 1.89 bits per heavy atom. The van der Waals surface area contributed by atoms with Crippen molar-refractivity contribution in [2.24, 2.45) is 0 Å². The van der Waals surface area contributed by atoms with Gasteiger partial charge in [-0.15, -0.1) is 11.6 Å². The average molecular weight is 326 g/mol. The van der Waals surface area contributed by atoms with E-state index in [1.807, 2.05) is 0 Å². The van der Waals surface area contributed by atoms with Crippen LogP contribution in [0, 0.1) is 0 Å². The number of hydrogen-bond donors (Lipinski definition) is 0. The van der Waals surface area contributed by atoms with Crippen LogP contribution in [0.5, 0.6) is 0 Å². The lowest BCUT2D eigenvalue weighted by Crippen LogP contribution is -2.03. The van der Waals surface area contributed by atoms with E-state index in [9.17, 15) is 8.78 Å². The molecule has 2 nitrogen and oxygen atoms in total. The van der Waals surface area contributed by atoms with Crippen LogP contribution in [0.3, 0.4) is 0 Å². The zero-order valence-electron chi connectivity index (χ0n) is 9.59. The first-order valence-corrected chi connectivity index (χ1v) is 6.66. The van der Waals surface area contributed by atoms with E-state index in [0.29, 0.717) is 5.02 Å². The summed E-state index contributed by atoms with van der Waals surface area (Å²) in [5.41, 5.74) is 0.521. The highest BCUT2D eigenvalue weighted by molar-refractivity contribution is 6.32. The van der Waals surface area contributed by atoms with Crippen molar-refractivity contribution in [3.63, 3.8) is 0 Å². The second-order valence-corrected chi connectivity index (χ2v) is 4.87. The quantitative estimate of drug-likeness (QED) is 0.730. The standard InChI is InChI=1S/C12H9Cl3F2N2/c13-5-8-10(12(16)17)18-19(11(8)15)6-7-3-1-2-4-9(7)14/h1-4,12H,5-6H2. The van der Waals surface area contributed by atoms with Gasteiger partial charge in [0, 0.05) is 10.6 Å². The fraction of sp³-hybridized carbons (Fsp3) is 0.250. The molecule has 2 aromatic rings. The molecule has 1 heterocycles. The van der Waals surface area contributed by atoms with Gasteiger partial charge in [0.1, 0.15) is 10.8 Å². The lowest BCUT2D eigenvalue weighted by atomic mass is 10.2. The van der Waals surface area contributed by atoms with Crippen molar-refractivity contribution in [1.29, 1.82) is 0 Å². The van der Waals surface area contributed by atoms with Crippen LogP contribution in [-0.4, -0.2) is 9.78 Å². The molecule has 0 N–H and O–H groups in total. The molecule has 2 rings (SSSR count). The van der Waals surface area contributed by atoms with Crippen LogP contribution in [0.2, 0.25) is 10.2 Å². The van der Waals surface area contributed by atoms with Crippen molar-refractivity contribution in [3.8, 4) is 0 Å². The van der Waals surface area contributed by atoms with Crippen molar-refractivity contribution in [1.82, 2.24) is 9.78 Å². The van der Waals surface area contributed by atoms with Gasteiger partial charge in [-0.1, -0.05) is 41.4 Å². The van der Waals surface area contributed by atoms with Gasteiger partial charge in [-0.05, 0) is 11.6 Å². The molecule has 0 unspecified atom stereocenters. The second kappa shape index (κ2) is 6.07. The number of aromatic nitrogens is 2. The molecule has 0 radical (unpaired) electrons. The minimum atomic E-state index is -2.71. The van der Waals surface area contributed by atoms with Crippen molar-refractivity contribution in [2.75, 3.05) is 0 Å². The summed E-state index contributed by atoms with van der Waals surface area (Å²) in [4.78, 5) is 0. The maximum atomic E-state index is 12.8. The van der Waals surface area contributed by atoms with Gasteiger partial charge in [-0.2, -0.15) is 5.10 Å². The minimum Gasteiger partial charge on any atom is -0.249 e. The maximum Gasteiger partial charge on any atom is 0.282 e. The summed E-state index contributed by atoms with van der Waals surface area (Å²) in [5.74, 6) is -0.110. The van der Waals surface area contributed by atoms with Crippen LogP contribution in [0.25, 0.3) is 0 Å². The van der Waals surface area contributed by atoms with Crippen LogP contribution in [0.15, 0.2) is 24.3 Å². The van der Waals surface area contributed by atoms with E-state index in [1.54, 1.807) is 24.3 Å². The van der Waals surface area contributed by atoms with Crippen LogP contribution in [0.4, 0.5) is 8.78 Å². The van der Waals surface area contributed by atoms with E-state index >= 15 is 0 Å². The second-order valence-electron chi connectivity index (χ2n) is 3.84. The number of hydrogen-bond acceptors (Lipinski definition) is 1. The van der Waals surface area contributed by atoms with E-state index in [-0.39, 0.29) is 28.8 Å². The van der Waals surface area contributed by atoms with Crippen molar-refractivity contribution >= 4 is 34.8 Å². The molecular formula is C12H9Cl3F2N2. The van der Waals surface area contributed by atoms with E-state index in [0.717, 1.165) is 5.56 Å². The molecule has 7 heteroatoms. The Kier molecular flexibility index (Phi) is 4.66. The molecule has 0 fully saturated rings. The molecule has 0 spiro atoms. The smallest absolute Gasteiger partial charge is 0.249 e. The highest BCUT2D eigenvalue weighted by atomic mass is 35.5. The molecule has 0 aliphatic rings. The highest BCUT2D eigenvalue weighted by Gasteiger charge is 2.22. The lowest BCUT2D eigenvalue weighted by Gasteiger charge is -2.05. The predicted octanol–water partition coefficient (Wildman–Crippen LogP) is 4.91. The highest BCUT2D eigenvalue weighted by Crippen LogP contribution is 2.30. The van der Waals surface area contributed by atoms with Gasteiger partial charge in [0.15, 0.2) is 0 Å². The fourth-order valence-electron chi connectivity index (χ4n) is 1.69. The summed E-state index contributed by atoms with van der Waals surface area (Å²) in [6.07, 6.45) is -2.71. The summed E-state index contributed by atoms with van der Waals surface area (Å²) in [6.45, 7) is 0.217. The third-order valence-electron chi connectivity index (χ3n) is 2.63. The van der Waals surface area contributed by atoms with Gasteiger partial charge in [-0.25, -0.2) is 13.5 Å². The Labute approximate surface area is 123 Å². The average Bonchev–Trinajstić information content (AvgIpc) is 2.69. The molecule has 0 bridgehead atoms. The number of benzene rings is 1. The largest absolute Gasteiger partial charge is 0.282 e. The molecule has 0 amide bonds. The number of rotatable bonds is 4. The number of halogens is 5. The Balaban J connectivity index is 2.39. The van der Waals surface area contributed by atoms with E-state index < -0.39 is 6.43 Å². The zero-order valence-corrected chi connectivity index (χ0v) is 11.9. The van der Waals surface area contributed by atoms with E-state index in [1.165, 1.54) is 4.68 Å². The summed E-state index contributed by atoms with van der Waals surface area (Å²) >= 11 is 17.7. The fourth-order valence-corrected chi connectivity index (χ4v) is 2.48. The Morgan fingerprint density at radius 3 is 2.42 bits per heavy atom. The third-order valence-corrected chi connectivity index (χ3v) is 3.69. The van der Waals surface area contributed by atoms with Crippen molar-refractivity contribution < 1.29 is 8.78 Å². The van der Waals surface area contributed by atoms with Gasteiger partial charge >= 0.3 is 0 Å². The van der Waals surface area contributed by atoms with Gasteiger partial charge < -0.3 is 0 Å². The maximum absolute atomic E-state index is 12.8. The zero-order chi connectivity index (χ0) is 14.0. The summed E-state index contributed by atoms with van der Waals surface area (Å²) in [6, 6.07) is 7.08. The SMILES string of the molecule is FC(F)c1nn(Cc2ccccc2Cl)c(Cl)c1CCl. The summed E-state index contributed by atoms with van der Waals surface area (Å²) in [5, 5.41) is 4.45. The number of nitrogens with zero attached hydrogens (tertiary/aromatic N) is 2. The monoisotopic (exact) mass is 324 g/mol. The van der Waals surface area contributed by atoms with Crippen molar-refractivity contribution in [2.45, 2.75) is 18.9 Å². The molecule has 0 aliphatic heterocycles. The molecular weight excluding hydrogens is 317 g/mol. The van der Waals surface area contributed by atoms with Crippen LogP contribution in [0.1, 0.15) is 23.2 Å². The lowest BCUT2D eigenvalue weighted by molar-refractivity contribution is 0.144. The van der Waals surface area contributed by atoms with Gasteiger partial charge in [0.25, 0.3) is 6.43 Å². The first kappa shape index (κ1) is 14.6. The van der Waals surface area contributed by atoms with E-state index in [2.05, 4.69) is 5.10 Å². The molecule has 0 saturated carbocycles. The Hall–Kier alpha value is -0.840. The third kappa shape index (κ3) is 3.02. The van der Waals surface area contributed by atoms with Crippen molar-refractivity contribution in [3.05, 3.63) is 51.3 Å². The Bertz CT molecular complexity index is 584. The molecule has 0 aliphatic carbocycles. The van der Waals surface area contributed by atoms with Gasteiger partial charge in [0.05, 0.1) is 12.4 Å². The molecule has 1 aromatic carbocycles. The van der Waals surface area contributed by atoms with Crippen LogP contribution in [-0.2, 0) is 12.4 Å². The molecule has 102 valence electrons. The Morgan fingerprint density at radius 1 is 1.21 bits per heavy atom.